The second kappa shape index (κ2) is 15.6. The van der Waals surface area contributed by atoms with E-state index in [1.54, 1.807) is 6.20 Å². The molecular weight excluding hydrogens is 550 g/mol. The fourth-order valence-electron chi connectivity index (χ4n) is 6.88. The molecule has 2 saturated heterocycles. The third kappa shape index (κ3) is 9.36. The number of H-pyrrole nitrogens is 1. The molecule has 2 aliphatic heterocycles. The number of esters is 1. The Morgan fingerprint density at radius 1 is 1.07 bits per heavy atom. The second-order valence-electron chi connectivity index (χ2n) is 13.1. The molecule has 2 fully saturated rings. The summed E-state index contributed by atoms with van der Waals surface area (Å²) in [5.74, 6) is 2.44. The monoisotopic (exact) mass is 601 g/mol. The fourth-order valence-corrected chi connectivity index (χ4v) is 6.88. The number of piperidine rings is 1. The molecule has 1 aromatic carbocycles. The lowest BCUT2D eigenvalue weighted by molar-refractivity contribution is -0.137. The first-order chi connectivity index (χ1) is 21.4. The first kappa shape index (κ1) is 32.1. The fraction of sp³-hybridized carbons (Fsp3) is 0.571. The maximum atomic E-state index is 11.8. The summed E-state index contributed by atoms with van der Waals surface area (Å²) in [5.41, 5.74) is 2.69. The van der Waals surface area contributed by atoms with Gasteiger partial charge in [0.25, 0.3) is 0 Å². The quantitative estimate of drug-likeness (QED) is 0.189. The van der Waals surface area contributed by atoms with Crippen LogP contribution in [-0.4, -0.2) is 86.1 Å². The smallest absolute Gasteiger partial charge is 0.330 e. The zero-order valence-corrected chi connectivity index (χ0v) is 27.0. The maximum absolute atomic E-state index is 11.8. The predicted molar refractivity (Wildman–Crippen MR) is 174 cm³/mol. The van der Waals surface area contributed by atoms with Gasteiger partial charge in [0.15, 0.2) is 0 Å². The van der Waals surface area contributed by atoms with Gasteiger partial charge in [-0.05, 0) is 87.3 Å². The van der Waals surface area contributed by atoms with E-state index in [1.165, 1.54) is 63.6 Å². The van der Waals surface area contributed by atoms with Crippen LogP contribution in [0.15, 0.2) is 55.1 Å². The number of nitrogens with one attached hydrogen (secondary N) is 1. The van der Waals surface area contributed by atoms with E-state index >= 15 is 0 Å². The van der Waals surface area contributed by atoms with Crippen LogP contribution in [0, 0.1) is 11.3 Å². The number of carbonyl (C=O) groups excluding carboxylic acids is 1. The molecule has 0 bridgehead atoms. The normalized spacial score (nSPS) is 17.5. The van der Waals surface area contributed by atoms with Crippen molar-refractivity contribution in [2.24, 2.45) is 11.3 Å². The van der Waals surface area contributed by atoms with Crippen molar-refractivity contribution in [3.63, 3.8) is 0 Å². The summed E-state index contributed by atoms with van der Waals surface area (Å²) in [5, 5.41) is 0. The van der Waals surface area contributed by atoms with Gasteiger partial charge in [0, 0.05) is 57.0 Å². The second-order valence-corrected chi connectivity index (χ2v) is 13.1. The van der Waals surface area contributed by atoms with Gasteiger partial charge in [-0.2, -0.15) is 0 Å². The molecule has 0 saturated carbocycles. The van der Waals surface area contributed by atoms with Gasteiger partial charge in [-0.1, -0.05) is 38.1 Å². The molecule has 0 radical (unpaired) electrons. The van der Waals surface area contributed by atoms with Crippen LogP contribution in [0.1, 0.15) is 69.2 Å². The van der Waals surface area contributed by atoms with E-state index in [1.807, 2.05) is 37.5 Å². The van der Waals surface area contributed by atoms with E-state index in [0.717, 1.165) is 55.7 Å². The summed E-state index contributed by atoms with van der Waals surface area (Å²) in [6.45, 7) is 17.4. The van der Waals surface area contributed by atoms with E-state index in [-0.39, 0.29) is 5.97 Å². The van der Waals surface area contributed by atoms with Crippen molar-refractivity contribution in [2.75, 3.05) is 45.9 Å². The largest absolute Gasteiger partial charge is 0.463 e. The topological polar surface area (TPSA) is 82.5 Å². The molecule has 0 aliphatic carbocycles. The summed E-state index contributed by atoms with van der Waals surface area (Å²) in [6.07, 6.45) is 16.2. The molecule has 0 atom stereocenters. The van der Waals surface area contributed by atoms with Gasteiger partial charge in [0.05, 0.1) is 19.7 Å². The van der Waals surface area contributed by atoms with Crippen molar-refractivity contribution >= 4 is 12.0 Å². The van der Waals surface area contributed by atoms with E-state index in [9.17, 15) is 4.79 Å². The Hall–Kier alpha value is -3.27. The Labute approximate surface area is 263 Å². The lowest BCUT2D eigenvalue weighted by atomic mass is 9.77. The van der Waals surface area contributed by atoms with Crippen LogP contribution in [0.25, 0.3) is 6.08 Å². The van der Waals surface area contributed by atoms with E-state index in [4.69, 9.17) is 9.72 Å². The molecule has 2 aromatic heterocycles. The lowest BCUT2D eigenvalue weighted by Gasteiger charge is -2.40. The summed E-state index contributed by atoms with van der Waals surface area (Å²) in [4.78, 5) is 32.0. The highest BCUT2D eigenvalue weighted by Gasteiger charge is 2.40. The Bertz CT molecular complexity index is 1320. The third-order valence-corrected chi connectivity index (χ3v) is 9.08. The van der Waals surface area contributed by atoms with Crippen molar-refractivity contribution in [3.8, 4) is 0 Å². The molecule has 9 heteroatoms. The number of imidazole rings is 2. The van der Waals surface area contributed by atoms with E-state index < -0.39 is 0 Å². The number of aromatic amines is 1. The average molecular weight is 602 g/mol. The number of hydrogen-bond acceptors (Lipinski definition) is 7. The summed E-state index contributed by atoms with van der Waals surface area (Å²) in [6, 6.07) is 8.28. The minimum Gasteiger partial charge on any atom is -0.463 e. The van der Waals surface area contributed by atoms with Crippen LogP contribution < -0.4 is 0 Å². The Morgan fingerprint density at radius 2 is 1.89 bits per heavy atom. The molecule has 4 heterocycles. The van der Waals surface area contributed by atoms with Crippen LogP contribution in [-0.2, 0) is 35.7 Å². The van der Waals surface area contributed by atoms with E-state index in [0.29, 0.717) is 18.6 Å². The molecule has 5 rings (SSSR count). The molecule has 1 N–H and O–H groups in total. The maximum Gasteiger partial charge on any atom is 0.330 e. The highest BCUT2D eigenvalue weighted by atomic mass is 16.5. The molecule has 0 unspecified atom stereocenters. The third-order valence-electron chi connectivity index (χ3n) is 9.08. The number of ether oxygens (including phenoxy) is 1. The SMILES string of the molecule is CCOC(=O)C=Cc1cccc(CN(Cc2ncc[nH]2)Cc2nccn2CCCN2CCC3(CCN(CC(C)C)CC3)C2)c1. The standard InChI is InChI=1S/C35H51N7O2/c1-4-44-34(43)10-9-30-7-5-8-31(23-30)25-41(26-32-36-14-15-37-32)27-33-38-16-22-42(33)18-6-17-40-21-13-35(28-40)11-19-39(20-12-35)24-29(2)3/h5,7-10,14-16,22-23,29H,4,6,11-13,17-21,24-28H2,1-3H3,(H,36,37). The Balaban J connectivity index is 1.15. The molecule has 1 spiro atoms. The molecular formula is C35H51N7O2. The lowest BCUT2D eigenvalue weighted by Crippen LogP contribution is -2.42. The van der Waals surface area contributed by atoms with Crippen LogP contribution in [0.3, 0.4) is 0 Å². The van der Waals surface area contributed by atoms with Crippen LogP contribution >= 0.6 is 0 Å². The average Bonchev–Trinajstić information content (AvgIpc) is 3.77. The van der Waals surface area contributed by atoms with Crippen LogP contribution in [0.2, 0.25) is 0 Å². The number of likely N-dealkylation sites (tertiary alicyclic amines) is 2. The zero-order chi connectivity index (χ0) is 30.8. The van der Waals surface area contributed by atoms with Gasteiger partial charge in [0.2, 0.25) is 0 Å². The molecule has 3 aromatic rings. The van der Waals surface area contributed by atoms with Gasteiger partial charge in [-0.15, -0.1) is 0 Å². The first-order valence-corrected chi connectivity index (χ1v) is 16.5. The summed E-state index contributed by atoms with van der Waals surface area (Å²) < 4.78 is 7.35. The number of rotatable bonds is 15. The molecule has 9 nitrogen and oxygen atoms in total. The van der Waals surface area contributed by atoms with Gasteiger partial charge < -0.3 is 24.1 Å². The van der Waals surface area contributed by atoms with E-state index in [2.05, 4.69) is 61.4 Å². The molecule has 238 valence electrons. The van der Waals surface area contributed by atoms with Crippen molar-refractivity contribution in [2.45, 2.75) is 72.6 Å². The number of carbonyl (C=O) groups is 1. The number of nitrogens with zero attached hydrogens (tertiary/aromatic N) is 6. The molecule has 0 amide bonds. The number of aryl methyl sites for hydroxylation is 1. The van der Waals surface area contributed by atoms with Gasteiger partial charge in [-0.25, -0.2) is 14.8 Å². The Morgan fingerprint density at radius 3 is 2.64 bits per heavy atom. The predicted octanol–water partition coefficient (Wildman–Crippen LogP) is 5.22. The van der Waals surface area contributed by atoms with Crippen molar-refractivity contribution < 1.29 is 9.53 Å². The van der Waals surface area contributed by atoms with Gasteiger partial charge in [-0.3, -0.25) is 4.90 Å². The molecule has 2 aliphatic rings. The van der Waals surface area contributed by atoms with Crippen molar-refractivity contribution in [1.29, 1.82) is 0 Å². The first-order valence-electron chi connectivity index (χ1n) is 16.5. The Kier molecular flexibility index (Phi) is 11.4. The minimum atomic E-state index is -0.323. The minimum absolute atomic E-state index is 0.323. The van der Waals surface area contributed by atoms with Crippen molar-refractivity contribution in [3.05, 3.63) is 77.9 Å². The van der Waals surface area contributed by atoms with Gasteiger partial charge in [0.1, 0.15) is 11.6 Å². The summed E-state index contributed by atoms with van der Waals surface area (Å²) in [7, 11) is 0. The zero-order valence-electron chi connectivity index (χ0n) is 27.0. The molecule has 44 heavy (non-hydrogen) atoms. The number of hydrogen-bond donors (Lipinski definition) is 1. The number of aromatic nitrogens is 4. The van der Waals surface area contributed by atoms with Crippen LogP contribution in [0.4, 0.5) is 0 Å². The highest BCUT2D eigenvalue weighted by molar-refractivity contribution is 5.87. The van der Waals surface area contributed by atoms with Crippen molar-refractivity contribution in [1.82, 2.24) is 34.2 Å². The van der Waals surface area contributed by atoms with Gasteiger partial charge >= 0.3 is 5.97 Å². The highest BCUT2D eigenvalue weighted by Crippen LogP contribution is 2.40. The van der Waals surface area contributed by atoms with Crippen LogP contribution in [0.5, 0.6) is 0 Å². The number of benzene rings is 1. The summed E-state index contributed by atoms with van der Waals surface area (Å²) >= 11 is 0.